The van der Waals surface area contributed by atoms with Gasteiger partial charge in [-0.2, -0.15) is 0 Å². The van der Waals surface area contributed by atoms with Gasteiger partial charge in [0.1, 0.15) is 0 Å². The highest BCUT2D eigenvalue weighted by Gasteiger charge is 2.11. The van der Waals surface area contributed by atoms with Crippen molar-refractivity contribution in [3.05, 3.63) is 32.7 Å². The Balaban J connectivity index is 3.61. The molecule has 0 radical (unpaired) electrons. The van der Waals surface area contributed by atoms with Gasteiger partial charge in [0.25, 0.3) is 5.56 Å². The molecule has 0 fully saturated rings. The van der Waals surface area contributed by atoms with Gasteiger partial charge in [0.15, 0.2) is 6.29 Å². The molecule has 14 heavy (non-hydrogen) atoms. The number of nitrogens with zero attached hydrogens (tertiary/aromatic N) is 1. The lowest BCUT2D eigenvalue weighted by Crippen LogP contribution is -2.27. The van der Waals surface area contributed by atoms with Gasteiger partial charge in [0.05, 0.1) is 10.6 Å². The van der Waals surface area contributed by atoms with Gasteiger partial charge in [-0.3, -0.25) is 9.59 Å². The van der Waals surface area contributed by atoms with Crippen LogP contribution in [-0.4, -0.2) is 10.9 Å². The standard InChI is InChI=1S/C10H12ClNO2/c1-6(2)12-7(3)9(11)4-8(5-13)10(12)14/h4-6H,1-3H3. The summed E-state index contributed by atoms with van der Waals surface area (Å²) in [5.41, 5.74) is 0.517. The lowest BCUT2D eigenvalue weighted by molar-refractivity contribution is 0.112. The first kappa shape index (κ1) is 11.0. The van der Waals surface area contributed by atoms with E-state index < -0.39 is 0 Å². The third kappa shape index (κ3) is 1.73. The second kappa shape index (κ2) is 3.96. The summed E-state index contributed by atoms with van der Waals surface area (Å²) in [4.78, 5) is 22.3. The molecule has 1 heterocycles. The van der Waals surface area contributed by atoms with Gasteiger partial charge in [-0.05, 0) is 26.8 Å². The van der Waals surface area contributed by atoms with Crippen molar-refractivity contribution < 1.29 is 4.79 Å². The van der Waals surface area contributed by atoms with Crippen molar-refractivity contribution in [2.75, 3.05) is 0 Å². The van der Waals surface area contributed by atoms with Crippen LogP contribution < -0.4 is 5.56 Å². The third-order valence-corrected chi connectivity index (χ3v) is 2.48. The fraction of sp³-hybridized carbons (Fsp3) is 0.400. The van der Waals surface area contributed by atoms with Crippen LogP contribution in [-0.2, 0) is 0 Å². The van der Waals surface area contributed by atoms with Crippen LogP contribution in [0.15, 0.2) is 10.9 Å². The molecule has 0 spiro atoms. The van der Waals surface area contributed by atoms with E-state index in [1.54, 1.807) is 6.92 Å². The minimum Gasteiger partial charge on any atom is -0.308 e. The highest BCUT2D eigenvalue weighted by Crippen LogP contribution is 2.16. The summed E-state index contributed by atoms with van der Waals surface area (Å²) >= 11 is 5.90. The van der Waals surface area contributed by atoms with E-state index in [1.807, 2.05) is 13.8 Å². The Kier molecular flexibility index (Phi) is 3.11. The topological polar surface area (TPSA) is 39.1 Å². The molecule has 0 saturated heterocycles. The summed E-state index contributed by atoms with van der Waals surface area (Å²) in [7, 11) is 0. The second-order valence-corrected chi connectivity index (χ2v) is 3.83. The fourth-order valence-electron chi connectivity index (χ4n) is 1.42. The van der Waals surface area contributed by atoms with Crippen LogP contribution in [0.25, 0.3) is 0 Å². The van der Waals surface area contributed by atoms with Crippen molar-refractivity contribution in [2.45, 2.75) is 26.8 Å². The maximum Gasteiger partial charge on any atom is 0.261 e. The summed E-state index contributed by atoms with van der Waals surface area (Å²) < 4.78 is 1.52. The van der Waals surface area contributed by atoms with E-state index in [1.165, 1.54) is 10.6 Å². The zero-order valence-corrected chi connectivity index (χ0v) is 9.13. The summed E-state index contributed by atoms with van der Waals surface area (Å²) in [6.07, 6.45) is 0.534. The van der Waals surface area contributed by atoms with Crippen LogP contribution in [0.4, 0.5) is 0 Å². The minimum atomic E-state index is -0.281. The van der Waals surface area contributed by atoms with Crippen LogP contribution in [0.2, 0.25) is 5.02 Å². The number of pyridine rings is 1. The lowest BCUT2D eigenvalue weighted by Gasteiger charge is -2.15. The Morgan fingerprint density at radius 3 is 2.50 bits per heavy atom. The summed E-state index contributed by atoms with van der Waals surface area (Å²) in [6, 6.07) is 1.41. The Hall–Kier alpha value is -1.09. The van der Waals surface area contributed by atoms with Gasteiger partial charge in [-0.1, -0.05) is 11.6 Å². The number of rotatable bonds is 2. The van der Waals surface area contributed by atoms with E-state index in [0.717, 1.165) is 0 Å². The third-order valence-electron chi connectivity index (χ3n) is 2.10. The molecule has 0 aliphatic carbocycles. The fourth-order valence-corrected chi connectivity index (χ4v) is 1.62. The molecule has 3 nitrogen and oxygen atoms in total. The molecule has 1 rings (SSSR count). The largest absolute Gasteiger partial charge is 0.308 e. The predicted molar refractivity (Wildman–Crippen MR) is 56.2 cm³/mol. The zero-order chi connectivity index (χ0) is 10.9. The molecule has 76 valence electrons. The number of hydrogen-bond donors (Lipinski definition) is 0. The van der Waals surface area contributed by atoms with Crippen LogP contribution >= 0.6 is 11.6 Å². The monoisotopic (exact) mass is 213 g/mol. The van der Waals surface area contributed by atoms with Crippen molar-refractivity contribution in [2.24, 2.45) is 0 Å². The Morgan fingerprint density at radius 1 is 1.50 bits per heavy atom. The maximum atomic E-state index is 11.7. The van der Waals surface area contributed by atoms with Crippen molar-refractivity contribution in [1.29, 1.82) is 0 Å². The van der Waals surface area contributed by atoms with Crippen LogP contribution in [0.1, 0.15) is 35.9 Å². The molecule has 4 heteroatoms. The van der Waals surface area contributed by atoms with E-state index in [2.05, 4.69) is 0 Å². The lowest BCUT2D eigenvalue weighted by atomic mass is 10.2. The Bertz CT molecular complexity index is 421. The molecule has 0 aromatic carbocycles. The van der Waals surface area contributed by atoms with Crippen molar-refractivity contribution in [1.82, 2.24) is 4.57 Å². The molecule has 0 aliphatic heterocycles. The predicted octanol–water partition coefficient (Wildman–Crippen LogP) is 2.20. The smallest absolute Gasteiger partial charge is 0.261 e. The molecule has 0 aliphatic rings. The van der Waals surface area contributed by atoms with Crippen molar-refractivity contribution >= 4 is 17.9 Å². The SMILES string of the molecule is Cc1c(Cl)cc(C=O)c(=O)n1C(C)C. The average Bonchev–Trinajstić information content (AvgIpc) is 2.11. The number of hydrogen-bond acceptors (Lipinski definition) is 2. The van der Waals surface area contributed by atoms with Crippen molar-refractivity contribution in [3.63, 3.8) is 0 Å². The highest BCUT2D eigenvalue weighted by atomic mass is 35.5. The van der Waals surface area contributed by atoms with E-state index in [9.17, 15) is 9.59 Å². The summed E-state index contributed by atoms with van der Waals surface area (Å²) in [5, 5.41) is 0.445. The van der Waals surface area contributed by atoms with Crippen LogP contribution in [0, 0.1) is 6.92 Å². The van der Waals surface area contributed by atoms with Crippen LogP contribution in [0.5, 0.6) is 0 Å². The van der Waals surface area contributed by atoms with Gasteiger partial charge in [0.2, 0.25) is 0 Å². The quantitative estimate of drug-likeness (QED) is 0.707. The van der Waals surface area contributed by atoms with E-state index >= 15 is 0 Å². The molecule has 0 amide bonds. The Morgan fingerprint density at radius 2 is 2.07 bits per heavy atom. The number of halogens is 1. The normalized spacial score (nSPS) is 10.6. The number of aldehydes is 1. The van der Waals surface area contributed by atoms with Gasteiger partial charge in [-0.15, -0.1) is 0 Å². The average molecular weight is 214 g/mol. The van der Waals surface area contributed by atoms with Gasteiger partial charge in [-0.25, -0.2) is 0 Å². The molecular formula is C10H12ClNO2. The Labute approximate surface area is 87.3 Å². The first-order chi connectivity index (χ1) is 6.49. The highest BCUT2D eigenvalue weighted by molar-refractivity contribution is 6.31. The molecule has 1 aromatic rings. The van der Waals surface area contributed by atoms with E-state index in [4.69, 9.17) is 11.6 Å². The molecule has 0 bridgehead atoms. The second-order valence-electron chi connectivity index (χ2n) is 3.42. The van der Waals surface area contributed by atoms with E-state index in [-0.39, 0.29) is 17.2 Å². The number of aromatic nitrogens is 1. The first-order valence-electron chi connectivity index (χ1n) is 4.35. The summed E-state index contributed by atoms with van der Waals surface area (Å²) in [5.74, 6) is 0. The number of carbonyl (C=O) groups is 1. The summed E-state index contributed by atoms with van der Waals surface area (Å²) in [6.45, 7) is 5.51. The maximum absolute atomic E-state index is 11.7. The first-order valence-corrected chi connectivity index (χ1v) is 4.73. The molecule has 0 saturated carbocycles. The molecule has 1 aromatic heterocycles. The van der Waals surface area contributed by atoms with Crippen molar-refractivity contribution in [3.8, 4) is 0 Å². The van der Waals surface area contributed by atoms with Gasteiger partial charge < -0.3 is 4.57 Å². The molecule has 0 unspecified atom stereocenters. The van der Waals surface area contributed by atoms with E-state index in [0.29, 0.717) is 17.0 Å². The van der Waals surface area contributed by atoms with Gasteiger partial charge >= 0.3 is 0 Å². The number of carbonyl (C=O) groups excluding carboxylic acids is 1. The van der Waals surface area contributed by atoms with Gasteiger partial charge in [0, 0.05) is 11.7 Å². The minimum absolute atomic E-state index is 0.0000926. The molecule has 0 N–H and O–H groups in total. The zero-order valence-electron chi connectivity index (χ0n) is 8.37. The molecule has 0 atom stereocenters. The molecular weight excluding hydrogens is 202 g/mol. The van der Waals surface area contributed by atoms with Crippen LogP contribution in [0.3, 0.4) is 0 Å².